The van der Waals surface area contributed by atoms with Crippen molar-refractivity contribution in [3.05, 3.63) is 47.1 Å². The number of nitriles is 1. The number of anilines is 2. The molecule has 0 aliphatic carbocycles. The van der Waals surface area contributed by atoms with Gasteiger partial charge >= 0.3 is 0 Å². The molecule has 0 spiro atoms. The monoisotopic (exact) mass is 429 g/mol. The summed E-state index contributed by atoms with van der Waals surface area (Å²) < 4.78 is 26.2. The van der Waals surface area contributed by atoms with Crippen LogP contribution in [0.1, 0.15) is 5.69 Å². The first-order valence-corrected chi connectivity index (χ1v) is 9.49. The third kappa shape index (κ3) is 4.65. The first-order valence-electron chi connectivity index (χ1n) is 9.11. The van der Waals surface area contributed by atoms with Gasteiger partial charge in [-0.3, -0.25) is 5.10 Å². The van der Waals surface area contributed by atoms with Gasteiger partial charge in [-0.2, -0.15) is 10.4 Å². The molecule has 1 atom stereocenters. The zero-order valence-corrected chi connectivity index (χ0v) is 16.4. The van der Waals surface area contributed by atoms with Crippen molar-refractivity contribution in [1.82, 2.24) is 25.5 Å². The molecule has 1 fully saturated rings. The zero-order chi connectivity index (χ0) is 20.9. The summed E-state index contributed by atoms with van der Waals surface area (Å²) in [6, 6.07) is 6.27. The maximum Gasteiger partial charge on any atom is 0.158 e. The maximum atomic E-state index is 14.8. The standard InChI is InChI=1S/C19H17ClFN7O2/c20-11-3-14(21)19(16(4-11)30-10-13-8-23-1-2-29-13)15-5-17(28-27-15)26-18-9-24-12(6-22)7-25-18/h3-5,7,9,13,23H,1-2,8,10H2,(H2,25,26,27,28)/t13-/m0/s1. The largest absolute Gasteiger partial charge is 0.490 e. The van der Waals surface area contributed by atoms with E-state index in [9.17, 15) is 4.39 Å². The Morgan fingerprint density at radius 1 is 1.30 bits per heavy atom. The number of benzene rings is 1. The molecule has 30 heavy (non-hydrogen) atoms. The van der Waals surface area contributed by atoms with Crippen LogP contribution >= 0.6 is 11.6 Å². The summed E-state index contributed by atoms with van der Waals surface area (Å²) in [5.74, 6) is 0.516. The third-order valence-electron chi connectivity index (χ3n) is 4.32. The lowest BCUT2D eigenvalue weighted by molar-refractivity contribution is 0.000264. The summed E-state index contributed by atoms with van der Waals surface area (Å²) in [6.07, 6.45) is 2.61. The van der Waals surface area contributed by atoms with Crippen molar-refractivity contribution in [3.63, 3.8) is 0 Å². The topological polar surface area (TPSA) is 121 Å². The molecule has 3 aromatic rings. The van der Waals surface area contributed by atoms with Crippen LogP contribution in [0.5, 0.6) is 5.75 Å². The van der Waals surface area contributed by atoms with Gasteiger partial charge in [0, 0.05) is 24.2 Å². The van der Waals surface area contributed by atoms with E-state index in [1.165, 1.54) is 18.5 Å². The number of halogens is 2. The van der Waals surface area contributed by atoms with Crippen LogP contribution in [0.25, 0.3) is 11.3 Å². The van der Waals surface area contributed by atoms with Gasteiger partial charge in [0.2, 0.25) is 0 Å². The van der Waals surface area contributed by atoms with Gasteiger partial charge in [0.1, 0.15) is 36.2 Å². The second-order valence-electron chi connectivity index (χ2n) is 6.46. The van der Waals surface area contributed by atoms with Gasteiger partial charge in [-0.05, 0) is 12.1 Å². The second kappa shape index (κ2) is 9.04. The molecule has 9 nitrogen and oxygen atoms in total. The fraction of sp³-hybridized carbons (Fsp3) is 0.263. The van der Waals surface area contributed by atoms with Gasteiger partial charge in [-0.25, -0.2) is 14.4 Å². The first-order chi connectivity index (χ1) is 14.6. The molecular formula is C19H17ClFN7O2. The SMILES string of the molecule is N#Cc1cnc(Nc2cc(-c3c(F)cc(Cl)cc3OC[C@@H]3CNCCO3)[nH]n2)cn1. The van der Waals surface area contributed by atoms with E-state index in [1.807, 2.05) is 6.07 Å². The number of rotatable bonds is 6. The minimum Gasteiger partial charge on any atom is -0.490 e. The minimum absolute atomic E-state index is 0.136. The zero-order valence-electron chi connectivity index (χ0n) is 15.7. The number of hydrogen-bond acceptors (Lipinski definition) is 8. The number of nitrogens with zero attached hydrogens (tertiary/aromatic N) is 4. The van der Waals surface area contributed by atoms with Crippen LogP contribution in [0.15, 0.2) is 30.6 Å². The Kier molecular flexibility index (Phi) is 6.04. The number of aromatic amines is 1. The summed E-state index contributed by atoms with van der Waals surface area (Å²) in [7, 11) is 0. The Morgan fingerprint density at radius 2 is 2.20 bits per heavy atom. The normalized spacial score (nSPS) is 16.1. The molecular weight excluding hydrogens is 413 g/mol. The van der Waals surface area contributed by atoms with Crippen molar-refractivity contribution >= 4 is 23.2 Å². The number of aromatic nitrogens is 4. The van der Waals surface area contributed by atoms with Crippen LogP contribution in [-0.2, 0) is 4.74 Å². The van der Waals surface area contributed by atoms with Gasteiger partial charge in [0.25, 0.3) is 0 Å². The predicted molar refractivity (Wildman–Crippen MR) is 107 cm³/mol. The highest BCUT2D eigenvalue weighted by Gasteiger charge is 2.20. The summed E-state index contributed by atoms with van der Waals surface area (Å²) in [5, 5.41) is 22.1. The van der Waals surface area contributed by atoms with E-state index in [2.05, 4.69) is 30.8 Å². The molecule has 0 amide bonds. The fourth-order valence-electron chi connectivity index (χ4n) is 2.93. The maximum absolute atomic E-state index is 14.8. The van der Waals surface area contributed by atoms with Crippen LogP contribution in [0.4, 0.5) is 16.0 Å². The smallest absolute Gasteiger partial charge is 0.158 e. The van der Waals surface area contributed by atoms with Crippen molar-refractivity contribution in [2.45, 2.75) is 6.10 Å². The summed E-state index contributed by atoms with van der Waals surface area (Å²) >= 11 is 6.03. The number of nitrogens with one attached hydrogen (secondary N) is 3. The number of morpholine rings is 1. The summed E-state index contributed by atoms with van der Waals surface area (Å²) in [6.45, 7) is 2.29. The molecule has 1 aromatic carbocycles. The highest BCUT2D eigenvalue weighted by molar-refractivity contribution is 6.30. The Hall–Kier alpha value is -3.26. The molecule has 3 heterocycles. The lowest BCUT2D eigenvalue weighted by Gasteiger charge is -2.24. The second-order valence-corrected chi connectivity index (χ2v) is 6.90. The van der Waals surface area contributed by atoms with Crippen molar-refractivity contribution < 1.29 is 13.9 Å². The lowest BCUT2D eigenvalue weighted by Crippen LogP contribution is -2.41. The van der Waals surface area contributed by atoms with Gasteiger partial charge < -0.3 is 20.1 Å². The van der Waals surface area contributed by atoms with Gasteiger partial charge in [0.05, 0.1) is 30.3 Å². The van der Waals surface area contributed by atoms with Crippen molar-refractivity contribution in [3.8, 4) is 23.1 Å². The van der Waals surface area contributed by atoms with Crippen molar-refractivity contribution in [2.75, 3.05) is 31.6 Å². The molecule has 0 bridgehead atoms. The highest BCUT2D eigenvalue weighted by atomic mass is 35.5. The molecule has 4 rings (SSSR count). The van der Waals surface area contributed by atoms with Crippen molar-refractivity contribution in [2.24, 2.45) is 0 Å². The number of hydrogen-bond donors (Lipinski definition) is 3. The third-order valence-corrected chi connectivity index (χ3v) is 4.54. The molecule has 0 saturated carbocycles. The molecule has 0 radical (unpaired) electrons. The van der Waals surface area contributed by atoms with Crippen LogP contribution in [0.3, 0.4) is 0 Å². The lowest BCUT2D eigenvalue weighted by atomic mass is 10.1. The Morgan fingerprint density at radius 3 is 2.93 bits per heavy atom. The quantitative estimate of drug-likeness (QED) is 0.546. The molecule has 0 unspecified atom stereocenters. The molecule has 1 saturated heterocycles. The van der Waals surface area contributed by atoms with E-state index in [0.717, 1.165) is 6.54 Å². The van der Waals surface area contributed by atoms with Gasteiger partial charge in [-0.1, -0.05) is 11.6 Å². The van der Waals surface area contributed by atoms with E-state index in [1.54, 1.807) is 12.1 Å². The highest BCUT2D eigenvalue weighted by Crippen LogP contribution is 2.35. The van der Waals surface area contributed by atoms with E-state index in [4.69, 9.17) is 26.3 Å². The minimum atomic E-state index is -0.548. The molecule has 11 heteroatoms. The van der Waals surface area contributed by atoms with Gasteiger partial charge in [-0.15, -0.1) is 0 Å². The van der Waals surface area contributed by atoms with Crippen molar-refractivity contribution in [1.29, 1.82) is 5.26 Å². The summed E-state index contributed by atoms with van der Waals surface area (Å²) in [5.41, 5.74) is 0.797. The molecule has 1 aliphatic rings. The Bertz CT molecular complexity index is 1060. The van der Waals surface area contributed by atoms with E-state index >= 15 is 0 Å². The first kappa shape index (κ1) is 20.0. The van der Waals surface area contributed by atoms with Gasteiger partial charge in [0.15, 0.2) is 11.5 Å². The number of ether oxygens (including phenoxy) is 2. The van der Waals surface area contributed by atoms with Crippen LogP contribution in [0, 0.1) is 17.1 Å². The Labute approximate surface area is 176 Å². The van der Waals surface area contributed by atoms with E-state index in [-0.39, 0.29) is 34.7 Å². The fourth-order valence-corrected chi connectivity index (χ4v) is 3.12. The van der Waals surface area contributed by atoms with Crippen LogP contribution in [0.2, 0.25) is 5.02 Å². The molecule has 3 N–H and O–H groups in total. The average Bonchev–Trinajstić information content (AvgIpc) is 3.21. The average molecular weight is 430 g/mol. The summed E-state index contributed by atoms with van der Waals surface area (Å²) in [4.78, 5) is 8.00. The van der Waals surface area contributed by atoms with Crippen LogP contribution < -0.4 is 15.4 Å². The Balaban J connectivity index is 1.54. The molecule has 1 aliphatic heterocycles. The predicted octanol–water partition coefficient (Wildman–Crippen LogP) is 2.64. The van der Waals surface area contributed by atoms with Crippen LogP contribution in [-0.4, -0.2) is 52.6 Å². The van der Waals surface area contributed by atoms with E-state index in [0.29, 0.717) is 30.5 Å². The molecule has 2 aromatic heterocycles. The number of H-pyrrole nitrogens is 1. The molecule has 154 valence electrons. The van der Waals surface area contributed by atoms with E-state index < -0.39 is 5.82 Å².